The quantitative estimate of drug-likeness (QED) is 0.299. The van der Waals surface area contributed by atoms with E-state index in [9.17, 15) is 9.90 Å². The molecule has 0 radical (unpaired) electrons. The van der Waals surface area contributed by atoms with Crippen LogP contribution in [-0.2, 0) is 34.5 Å². The van der Waals surface area contributed by atoms with Gasteiger partial charge in [-0.3, -0.25) is 9.59 Å². The first-order chi connectivity index (χ1) is 20.1. The molecule has 6 nitrogen and oxygen atoms in total. The molecule has 2 amide bonds. The molecule has 0 aliphatic carbocycles. The predicted molar refractivity (Wildman–Crippen MR) is 159 cm³/mol. The molecular formula is C35H34N2O4. The summed E-state index contributed by atoms with van der Waals surface area (Å²) >= 11 is 0. The van der Waals surface area contributed by atoms with Gasteiger partial charge in [-0.05, 0) is 52.8 Å². The van der Waals surface area contributed by atoms with Crippen LogP contribution in [-0.4, -0.2) is 42.1 Å². The lowest BCUT2D eigenvalue weighted by atomic mass is 9.61. The molecule has 2 aliphatic heterocycles. The number of hydrogen-bond acceptors (Lipinski definition) is 4. The Labute approximate surface area is 240 Å². The molecule has 41 heavy (non-hydrogen) atoms. The Balaban J connectivity index is 1.61. The number of rotatable bonds is 8. The van der Waals surface area contributed by atoms with E-state index < -0.39 is 11.5 Å². The Morgan fingerprint density at radius 3 is 2.32 bits per heavy atom. The highest BCUT2D eigenvalue weighted by atomic mass is 16.5. The van der Waals surface area contributed by atoms with Gasteiger partial charge in [0.25, 0.3) is 5.91 Å². The fraction of sp³-hybridized carbons (Fsp3) is 0.257. The van der Waals surface area contributed by atoms with Gasteiger partial charge in [-0.25, -0.2) is 0 Å². The molecule has 0 bridgehead atoms. The molecule has 1 unspecified atom stereocenters. The maximum absolute atomic E-state index is 15.1. The molecule has 1 N–H and O–H groups in total. The number of anilines is 1. The SMILES string of the molecule is COCCCN1C(=O)[C@@]2(Cc3ccccc31)c1ccccc1C(=O)N(Cc1ccccc1)C2c1ccc(CO)cc1. The average molecular weight is 547 g/mol. The molecule has 4 aromatic carbocycles. The molecule has 6 heteroatoms. The lowest BCUT2D eigenvalue weighted by Crippen LogP contribution is -2.62. The van der Waals surface area contributed by atoms with Crippen LogP contribution in [0.25, 0.3) is 0 Å². The summed E-state index contributed by atoms with van der Waals surface area (Å²) in [5.41, 5.74) is 4.91. The summed E-state index contributed by atoms with van der Waals surface area (Å²) in [7, 11) is 1.67. The summed E-state index contributed by atoms with van der Waals surface area (Å²) in [4.78, 5) is 33.3. The van der Waals surface area contributed by atoms with Crippen LogP contribution in [0.1, 0.15) is 50.6 Å². The number of benzene rings is 4. The molecular weight excluding hydrogens is 512 g/mol. The normalized spacial score (nSPS) is 19.8. The van der Waals surface area contributed by atoms with Crippen molar-refractivity contribution in [2.75, 3.05) is 25.2 Å². The van der Waals surface area contributed by atoms with Crippen LogP contribution in [0.3, 0.4) is 0 Å². The van der Waals surface area contributed by atoms with Gasteiger partial charge < -0.3 is 19.6 Å². The van der Waals surface area contributed by atoms with Crippen LogP contribution in [0, 0.1) is 0 Å². The third-order valence-electron chi connectivity index (χ3n) is 8.46. The van der Waals surface area contributed by atoms with E-state index >= 15 is 4.79 Å². The largest absolute Gasteiger partial charge is 0.392 e. The summed E-state index contributed by atoms with van der Waals surface area (Å²) in [5, 5.41) is 9.75. The molecule has 1 spiro atoms. The van der Waals surface area contributed by atoms with Crippen LogP contribution >= 0.6 is 0 Å². The summed E-state index contributed by atoms with van der Waals surface area (Å²) in [6, 6.07) is 32.8. The van der Waals surface area contributed by atoms with Crippen molar-refractivity contribution in [3.8, 4) is 0 Å². The van der Waals surface area contributed by atoms with Crippen LogP contribution in [0.15, 0.2) is 103 Å². The van der Waals surface area contributed by atoms with Gasteiger partial charge in [0.2, 0.25) is 5.91 Å². The fourth-order valence-corrected chi connectivity index (χ4v) is 6.62. The van der Waals surface area contributed by atoms with Crippen molar-refractivity contribution in [1.29, 1.82) is 0 Å². The predicted octanol–water partition coefficient (Wildman–Crippen LogP) is 5.44. The van der Waals surface area contributed by atoms with E-state index in [1.165, 1.54) is 0 Å². The van der Waals surface area contributed by atoms with Crippen molar-refractivity contribution in [1.82, 2.24) is 4.90 Å². The minimum Gasteiger partial charge on any atom is -0.392 e. The second-order valence-corrected chi connectivity index (χ2v) is 10.8. The molecule has 0 saturated heterocycles. The second kappa shape index (κ2) is 11.3. The van der Waals surface area contributed by atoms with Crippen molar-refractivity contribution >= 4 is 17.5 Å². The first-order valence-electron chi connectivity index (χ1n) is 14.1. The van der Waals surface area contributed by atoms with Crippen molar-refractivity contribution < 1.29 is 19.4 Å². The Hall–Kier alpha value is -4.26. The first kappa shape index (κ1) is 26.9. The summed E-state index contributed by atoms with van der Waals surface area (Å²) in [6.45, 7) is 1.34. The van der Waals surface area contributed by atoms with Crippen molar-refractivity contribution in [2.24, 2.45) is 0 Å². The zero-order valence-electron chi connectivity index (χ0n) is 23.2. The van der Waals surface area contributed by atoms with E-state index in [1.54, 1.807) is 7.11 Å². The number of nitrogens with zero attached hydrogens (tertiary/aromatic N) is 2. The summed E-state index contributed by atoms with van der Waals surface area (Å²) < 4.78 is 5.35. The summed E-state index contributed by atoms with van der Waals surface area (Å²) in [5.74, 6) is -0.106. The van der Waals surface area contributed by atoms with E-state index in [4.69, 9.17) is 4.74 Å². The molecule has 4 aromatic rings. The third-order valence-corrected chi connectivity index (χ3v) is 8.46. The van der Waals surface area contributed by atoms with Crippen molar-refractivity contribution in [3.05, 3.63) is 137 Å². The smallest absolute Gasteiger partial charge is 0.255 e. The maximum Gasteiger partial charge on any atom is 0.255 e. The minimum atomic E-state index is -1.05. The van der Waals surface area contributed by atoms with Crippen molar-refractivity contribution in [2.45, 2.75) is 37.5 Å². The number of fused-ring (bicyclic) bond motifs is 3. The highest BCUT2D eigenvalue weighted by Gasteiger charge is 2.59. The lowest BCUT2D eigenvalue weighted by Gasteiger charge is -2.53. The molecule has 208 valence electrons. The number of methoxy groups -OCH3 is 1. The number of aliphatic hydroxyl groups is 1. The highest BCUT2D eigenvalue weighted by Crippen LogP contribution is 2.54. The van der Waals surface area contributed by atoms with Crippen molar-refractivity contribution in [3.63, 3.8) is 0 Å². The molecule has 6 rings (SSSR count). The standard InChI is InChI=1S/C35H34N2O4/c1-41-21-9-20-36-31-15-8-5-12-28(31)22-35(34(36)40)30-14-7-6-13-29(30)33(39)37(23-25-10-3-2-4-11-25)32(35)27-18-16-26(24-38)17-19-27/h2-8,10-19,32,38H,9,20-24H2,1H3/t32?,35-/m0/s1. The Kier molecular flexibility index (Phi) is 7.43. The van der Waals surface area contributed by atoms with Gasteiger partial charge in [-0.2, -0.15) is 0 Å². The number of amides is 2. The van der Waals surface area contributed by atoms with Gasteiger partial charge in [-0.15, -0.1) is 0 Å². The van der Waals surface area contributed by atoms with Crippen LogP contribution < -0.4 is 4.90 Å². The maximum atomic E-state index is 15.1. The third kappa shape index (κ3) is 4.63. The summed E-state index contributed by atoms with van der Waals surface area (Å²) in [6.07, 6.45) is 1.15. The van der Waals surface area contributed by atoms with Gasteiger partial charge in [0.15, 0.2) is 0 Å². The van der Waals surface area contributed by atoms with Crippen LogP contribution in [0.2, 0.25) is 0 Å². The minimum absolute atomic E-state index is 0.0125. The average Bonchev–Trinajstić information content (AvgIpc) is 3.02. The monoisotopic (exact) mass is 546 g/mol. The van der Waals surface area contributed by atoms with E-state index in [2.05, 4.69) is 6.07 Å². The van der Waals surface area contributed by atoms with E-state index in [0.29, 0.717) is 38.1 Å². The van der Waals surface area contributed by atoms with Crippen LogP contribution in [0.4, 0.5) is 5.69 Å². The van der Waals surface area contributed by atoms with Gasteiger partial charge in [0.1, 0.15) is 5.41 Å². The fourth-order valence-electron chi connectivity index (χ4n) is 6.62. The Bertz CT molecular complexity index is 1550. The second-order valence-electron chi connectivity index (χ2n) is 10.8. The van der Waals surface area contributed by atoms with E-state index in [1.807, 2.05) is 107 Å². The number of para-hydroxylation sites is 1. The molecule has 0 fully saturated rings. The number of carbonyl (C=O) groups excluding carboxylic acids is 2. The molecule has 0 saturated carbocycles. The van der Waals surface area contributed by atoms with Crippen LogP contribution in [0.5, 0.6) is 0 Å². The zero-order valence-corrected chi connectivity index (χ0v) is 23.2. The first-order valence-corrected chi connectivity index (χ1v) is 14.1. The van der Waals surface area contributed by atoms with E-state index in [-0.39, 0.29) is 18.4 Å². The lowest BCUT2D eigenvalue weighted by molar-refractivity contribution is -0.128. The van der Waals surface area contributed by atoms with Gasteiger partial charge in [-0.1, -0.05) is 91.0 Å². The number of ether oxygens (including phenoxy) is 1. The highest BCUT2D eigenvalue weighted by molar-refractivity contribution is 6.09. The number of aliphatic hydroxyl groups excluding tert-OH is 1. The van der Waals surface area contributed by atoms with E-state index in [0.717, 1.165) is 33.5 Å². The van der Waals surface area contributed by atoms with Gasteiger partial charge in [0, 0.05) is 38.1 Å². The molecule has 2 atom stereocenters. The molecule has 0 aromatic heterocycles. The topological polar surface area (TPSA) is 70.1 Å². The number of carbonyl (C=O) groups is 2. The zero-order chi connectivity index (χ0) is 28.4. The van der Waals surface area contributed by atoms with Gasteiger partial charge >= 0.3 is 0 Å². The molecule has 2 aliphatic rings. The number of hydrogen-bond donors (Lipinski definition) is 1. The van der Waals surface area contributed by atoms with Gasteiger partial charge in [0.05, 0.1) is 12.6 Å². The Morgan fingerprint density at radius 2 is 1.56 bits per heavy atom. The molecule has 2 heterocycles. The Morgan fingerprint density at radius 1 is 0.854 bits per heavy atom.